The van der Waals surface area contributed by atoms with Crippen molar-refractivity contribution in [2.24, 2.45) is 0 Å². The summed E-state index contributed by atoms with van der Waals surface area (Å²) in [5.74, 6) is -0.0829. The summed E-state index contributed by atoms with van der Waals surface area (Å²) < 4.78 is 0.979. The standard InChI is InChI=1S/C14H12BrNO2/c15-11-7-5-10(6-8-11)9-14(18)16-12-3-1-2-4-13(12)17/h1-8,17H,9H2,(H,16,18). The number of carbonyl (C=O) groups excluding carboxylic acids is 1. The summed E-state index contributed by atoms with van der Waals surface area (Å²) in [4.78, 5) is 11.8. The van der Waals surface area contributed by atoms with E-state index >= 15 is 0 Å². The van der Waals surface area contributed by atoms with Crippen LogP contribution in [-0.4, -0.2) is 11.0 Å². The van der Waals surface area contributed by atoms with Crippen molar-refractivity contribution in [2.45, 2.75) is 6.42 Å². The van der Waals surface area contributed by atoms with Crippen LogP contribution < -0.4 is 5.32 Å². The summed E-state index contributed by atoms with van der Waals surface area (Å²) in [6, 6.07) is 14.2. The first kappa shape index (κ1) is 12.6. The average Bonchev–Trinajstić information content (AvgIpc) is 2.35. The molecular weight excluding hydrogens is 294 g/mol. The summed E-state index contributed by atoms with van der Waals surface area (Å²) in [6.45, 7) is 0. The van der Waals surface area contributed by atoms with Crippen LogP contribution in [0.3, 0.4) is 0 Å². The molecule has 0 aromatic heterocycles. The molecule has 0 aliphatic rings. The Kier molecular flexibility index (Phi) is 3.99. The summed E-state index contributed by atoms with van der Waals surface area (Å²) in [5, 5.41) is 12.2. The van der Waals surface area contributed by atoms with Gasteiger partial charge >= 0.3 is 0 Å². The Labute approximate surface area is 114 Å². The van der Waals surface area contributed by atoms with Crippen LogP contribution in [0.1, 0.15) is 5.56 Å². The van der Waals surface area contributed by atoms with E-state index in [0.29, 0.717) is 5.69 Å². The Hall–Kier alpha value is -1.81. The molecule has 1 amide bonds. The fourth-order valence-corrected chi connectivity index (χ4v) is 1.83. The molecule has 0 heterocycles. The van der Waals surface area contributed by atoms with Gasteiger partial charge in [-0.2, -0.15) is 0 Å². The van der Waals surface area contributed by atoms with E-state index in [-0.39, 0.29) is 18.1 Å². The van der Waals surface area contributed by atoms with E-state index < -0.39 is 0 Å². The van der Waals surface area contributed by atoms with Crippen molar-refractivity contribution in [1.82, 2.24) is 0 Å². The smallest absolute Gasteiger partial charge is 0.228 e. The van der Waals surface area contributed by atoms with E-state index in [1.807, 2.05) is 24.3 Å². The van der Waals surface area contributed by atoms with Gasteiger partial charge in [-0.3, -0.25) is 4.79 Å². The minimum Gasteiger partial charge on any atom is -0.506 e. The number of rotatable bonds is 3. The van der Waals surface area contributed by atoms with Crippen molar-refractivity contribution in [2.75, 3.05) is 5.32 Å². The number of benzene rings is 2. The maximum atomic E-state index is 11.8. The molecule has 0 bridgehead atoms. The molecule has 0 unspecified atom stereocenters. The average molecular weight is 306 g/mol. The molecule has 0 saturated carbocycles. The van der Waals surface area contributed by atoms with Crippen molar-refractivity contribution in [3.8, 4) is 5.75 Å². The number of phenols is 1. The van der Waals surface area contributed by atoms with E-state index in [1.165, 1.54) is 6.07 Å². The molecule has 18 heavy (non-hydrogen) atoms. The highest BCUT2D eigenvalue weighted by Gasteiger charge is 2.06. The number of carbonyl (C=O) groups is 1. The van der Waals surface area contributed by atoms with E-state index in [4.69, 9.17) is 0 Å². The van der Waals surface area contributed by atoms with Crippen molar-refractivity contribution < 1.29 is 9.90 Å². The molecule has 0 spiro atoms. The molecule has 92 valence electrons. The largest absolute Gasteiger partial charge is 0.506 e. The monoisotopic (exact) mass is 305 g/mol. The van der Waals surface area contributed by atoms with E-state index in [0.717, 1.165) is 10.0 Å². The highest BCUT2D eigenvalue weighted by Crippen LogP contribution is 2.21. The molecule has 3 nitrogen and oxygen atoms in total. The second-order valence-corrected chi connectivity index (χ2v) is 4.78. The number of phenolic OH excluding ortho intramolecular Hbond substituents is 1. The maximum absolute atomic E-state index is 11.8. The topological polar surface area (TPSA) is 49.3 Å². The lowest BCUT2D eigenvalue weighted by Gasteiger charge is -2.07. The van der Waals surface area contributed by atoms with Gasteiger partial charge in [0.2, 0.25) is 5.91 Å². The normalized spacial score (nSPS) is 10.1. The fraction of sp³-hybridized carbons (Fsp3) is 0.0714. The van der Waals surface area contributed by atoms with E-state index in [1.54, 1.807) is 18.2 Å². The van der Waals surface area contributed by atoms with Crippen molar-refractivity contribution in [3.05, 3.63) is 58.6 Å². The predicted molar refractivity (Wildman–Crippen MR) is 74.6 cm³/mol. The predicted octanol–water partition coefficient (Wildman–Crippen LogP) is 3.34. The lowest BCUT2D eigenvalue weighted by molar-refractivity contribution is -0.115. The molecule has 0 saturated heterocycles. The first-order valence-corrected chi connectivity index (χ1v) is 6.27. The van der Waals surface area contributed by atoms with Gasteiger partial charge in [0.05, 0.1) is 12.1 Å². The van der Waals surface area contributed by atoms with Crippen LogP contribution >= 0.6 is 15.9 Å². The zero-order chi connectivity index (χ0) is 13.0. The summed E-state index contributed by atoms with van der Waals surface area (Å²) in [7, 11) is 0. The van der Waals surface area contributed by atoms with Crippen LogP contribution in [0.2, 0.25) is 0 Å². The Bertz CT molecular complexity index is 552. The van der Waals surface area contributed by atoms with Gasteiger partial charge in [-0.1, -0.05) is 40.2 Å². The van der Waals surface area contributed by atoms with Gasteiger partial charge in [-0.05, 0) is 29.8 Å². The number of halogens is 1. The Morgan fingerprint density at radius 2 is 1.78 bits per heavy atom. The van der Waals surface area contributed by atoms with Crippen molar-refractivity contribution in [1.29, 1.82) is 0 Å². The third kappa shape index (κ3) is 3.34. The highest BCUT2D eigenvalue weighted by atomic mass is 79.9. The number of para-hydroxylation sites is 2. The lowest BCUT2D eigenvalue weighted by Crippen LogP contribution is -2.14. The van der Waals surface area contributed by atoms with Gasteiger partial charge in [0, 0.05) is 4.47 Å². The molecule has 4 heteroatoms. The Morgan fingerprint density at radius 3 is 2.44 bits per heavy atom. The molecule has 0 aliphatic heterocycles. The number of hydrogen-bond donors (Lipinski definition) is 2. The van der Waals surface area contributed by atoms with Gasteiger partial charge in [0.15, 0.2) is 0 Å². The third-order valence-corrected chi connectivity index (χ3v) is 2.98. The van der Waals surface area contributed by atoms with Crippen LogP contribution in [0, 0.1) is 0 Å². The third-order valence-electron chi connectivity index (χ3n) is 2.46. The molecule has 0 fully saturated rings. The molecule has 2 aromatic rings. The van der Waals surface area contributed by atoms with Gasteiger partial charge in [-0.25, -0.2) is 0 Å². The molecule has 2 N–H and O–H groups in total. The van der Waals surface area contributed by atoms with E-state index in [9.17, 15) is 9.90 Å². The fourth-order valence-electron chi connectivity index (χ4n) is 1.56. The number of aromatic hydroxyl groups is 1. The van der Waals surface area contributed by atoms with E-state index in [2.05, 4.69) is 21.2 Å². The number of anilines is 1. The molecule has 0 atom stereocenters. The zero-order valence-electron chi connectivity index (χ0n) is 9.56. The number of amides is 1. The first-order valence-electron chi connectivity index (χ1n) is 5.47. The first-order chi connectivity index (χ1) is 8.65. The summed E-state index contributed by atoms with van der Waals surface area (Å²) >= 11 is 3.34. The second-order valence-electron chi connectivity index (χ2n) is 3.87. The Morgan fingerprint density at radius 1 is 1.11 bits per heavy atom. The molecular formula is C14H12BrNO2. The van der Waals surface area contributed by atoms with Gasteiger partial charge in [-0.15, -0.1) is 0 Å². The molecule has 0 radical (unpaired) electrons. The summed E-state index contributed by atoms with van der Waals surface area (Å²) in [5.41, 5.74) is 1.35. The minimum absolute atomic E-state index is 0.0710. The van der Waals surface area contributed by atoms with Gasteiger partial charge in [0.25, 0.3) is 0 Å². The van der Waals surface area contributed by atoms with Crippen LogP contribution in [0.4, 0.5) is 5.69 Å². The van der Waals surface area contributed by atoms with Crippen LogP contribution in [0.15, 0.2) is 53.0 Å². The molecule has 2 rings (SSSR count). The maximum Gasteiger partial charge on any atom is 0.228 e. The highest BCUT2D eigenvalue weighted by molar-refractivity contribution is 9.10. The number of nitrogens with one attached hydrogen (secondary N) is 1. The van der Waals surface area contributed by atoms with Gasteiger partial charge in [0.1, 0.15) is 5.75 Å². The zero-order valence-corrected chi connectivity index (χ0v) is 11.1. The second kappa shape index (κ2) is 5.69. The quantitative estimate of drug-likeness (QED) is 0.855. The molecule has 2 aromatic carbocycles. The number of hydrogen-bond acceptors (Lipinski definition) is 2. The van der Waals surface area contributed by atoms with Crippen molar-refractivity contribution >= 4 is 27.5 Å². The minimum atomic E-state index is -0.154. The molecule has 0 aliphatic carbocycles. The van der Waals surface area contributed by atoms with Crippen molar-refractivity contribution in [3.63, 3.8) is 0 Å². The summed E-state index contributed by atoms with van der Waals surface area (Å²) in [6.07, 6.45) is 0.279. The van der Waals surface area contributed by atoms with Gasteiger partial charge < -0.3 is 10.4 Å². The SMILES string of the molecule is O=C(Cc1ccc(Br)cc1)Nc1ccccc1O. The van der Waals surface area contributed by atoms with Crippen LogP contribution in [0.25, 0.3) is 0 Å². The van der Waals surface area contributed by atoms with Crippen LogP contribution in [-0.2, 0) is 11.2 Å². The lowest BCUT2D eigenvalue weighted by atomic mass is 10.1. The Balaban J connectivity index is 2.01. The van der Waals surface area contributed by atoms with Crippen LogP contribution in [0.5, 0.6) is 5.75 Å².